The molecular formula is C20H33ClN2O2. The minimum absolute atomic E-state index is 0. The molecule has 1 saturated carbocycles. The van der Waals surface area contributed by atoms with Crippen LogP contribution >= 0.6 is 12.4 Å². The molecular weight excluding hydrogens is 336 g/mol. The van der Waals surface area contributed by atoms with E-state index in [1.165, 1.54) is 17.5 Å². The van der Waals surface area contributed by atoms with Gasteiger partial charge in [-0.25, -0.2) is 0 Å². The Morgan fingerprint density at radius 3 is 2.32 bits per heavy atom. The molecule has 1 aliphatic carbocycles. The van der Waals surface area contributed by atoms with E-state index in [1.54, 1.807) is 7.11 Å². The van der Waals surface area contributed by atoms with Crippen LogP contribution in [0.5, 0.6) is 0 Å². The van der Waals surface area contributed by atoms with Crippen molar-refractivity contribution in [2.75, 3.05) is 33.4 Å². The van der Waals surface area contributed by atoms with Crippen molar-refractivity contribution in [1.82, 2.24) is 10.6 Å². The van der Waals surface area contributed by atoms with E-state index >= 15 is 0 Å². The standard InChI is InChI=1S/C20H32N2O2.ClH/c1-19(2,3)16-6-8-17(9-7-16)20(10-5-11-20)15-22-18(23)14-21-12-13-24-4;/h6-9,21H,5,10-15H2,1-4H3,(H,22,23);1H. The summed E-state index contributed by atoms with van der Waals surface area (Å²) in [4.78, 5) is 12.0. The number of halogens is 1. The number of hydrogen-bond acceptors (Lipinski definition) is 3. The molecule has 25 heavy (non-hydrogen) atoms. The highest BCUT2D eigenvalue weighted by molar-refractivity contribution is 5.85. The van der Waals surface area contributed by atoms with E-state index < -0.39 is 0 Å². The van der Waals surface area contributed by atoms with Crippen LogP contribution in [0, 0.1) is 0 Å². The molecule has 1 fully saturated rings. The van der Waals surface area contributed by atoms with Gasteiger partial charge >= 0.3 is 0 Å². The molecule has 0 aromatic heterocycles. The Balaban J connectivity index is 0.00000312. The molecule has 1 aromatic carbocycles. The summed E-state index contributed by atoms with van der Waals surface area (Å²) in [6.07, 6.45) is 3.54. The van der Waals surface area contributed by atoms with Crippen LogP contribution in [0.4, 0.5) is 0 Å². The molecule has 0 saturated heterocycles. The number of carbonyl (C=O) groups excluding carboxylic acids is 1. The first-order chi connectivity index (χ1) is 11.4. The number of nitrogens with one attached hydrogen (secondary N) is 2. The van der Waals surface area contributed by atoms with Crippen LogP contribution in [0.2, 0.25) is 0 Å². The van der Waals surface area contributed by atoms with E-state index in [1.807, 2.05) is 0 Å². The summed E-state index contributed by atoms with van der Waals surface area (Å²) < 4.78 is 4.96. The van der Waals surface area contributed by atoms with Gasteiger partial charge in [0, 0.05) is 25.6 Å². The van der Waals surface area contributed by atoms with Crippen molar-refractivity contribution in [3.63, 3.8) is 0 Å². The molecule has 0 spiro atoms. The van der Waals surface area contributed by atoms with Gasteiger partial charge in [-0.1, -0.05) is 51.5 Å². The smallest absolute Gasteiger partial charge is 0.233 e. The Labute approximate surface area is 158 Å². The van der Waals surface area contributed by atoms with E-state index in [0.717, 1.165) is 19.4 Å². The third-order valence-corrected chi connectivity index (χ3v) is 5.07. The number of rotatable bonds is 8. The Hall–Kier alpha value is -1.10. The van der Waals surface area contributed by atoms with Gasteiger partial charge in [-0.05, 0) is 29.4 Å². The number of methoxy groups -OCH3 is 1. The molecule has 1 aliphatic rings. The van der Waals surface area contributed by atoms with Gasteiger partial charge in [0.25, 0.3) is 0 Å². The maximum absolute atomic E-state index is 12.0. The summed E-state index contributed by atoms with van der Waals surface area (Å²) in [5.74, 6) is 0.0590. The molecule has 142 valence electrons. The van der Waals surface area contributed by atoms with Crippen LogP contribution in [0.25, 0.3) is 0 Å². The molecule has 1 amide bonds. The molecule has 0 aliphatic heterocycles. The lowest BCUT2D eigenvalue weighted by molar-refractivity contribution is -0.120. The first kappa shape index (κ1) is 21.9. The van der Waals surface area contributed by atoms with Crippen LogP contribution in [-0.2, 0) is 20.4 Å². The minimum atomic E-state index is 0. The van der Waals surface area contributed by atoms with Crippen molar-refractivity contribution >= 4 is 18.3 Å². The zero-order chi connectivity index (χ0) is 17.6. The highest BCUT2D eigenvalue weighted by Gasteiger charge is 2.38. The largest absolute Gasteiger partial charge is 0.383 e. The van der Waals surface area contributed by atoms with E-state index in [9.17, 15) is 4.79 Å². The Kier molecular flexibility index (Phi) is 8.39. The monoisotopic (exact) mass is 368 g/mol. The number of hydrogen-bond donors (Lipinski definition) is 2. The van der Waals surface area contributed by atoms with E-state index in [2.05, 4.69) is 55.7 Å². The van der Waals surface area contributed by atoms with Crippen LogP contribution in [0.3, 0.4) is 0 Å². The van der Waals surface area contributed by atoms with Crippen molar-refractivity contribution in [2.24, 2.45) is 0 Å². The zero-order valence-electron chi connectivity index (χ0n) is 16.0. The van der Waals surface area contributed by atoms with Gasteiger partial charge in [-0.3, -0.25) is 4.79 Å². The minimum Gasteiger partial charge on any atom is -0.383 e. The fraction of sp³-hybridized carbons (Fsp3) is 0.650. The van der Waals surface area contributed by atoms with Gasteiger partial charge < -0.3 is 15.4 Å². The van der Waals surface area contributed by atoms with Gasteiger partial charge in [0.15, 0.2) is 0 Å². The normalized spacial score (nSPS) is 15.8. The van der Waals surface area contributed by atoms with Crippen molar-refractivity contribution < 1.29 is 9.53 Å². The summed E-state index contributed by atoms with van der Waals surface area (Å²) in [5.41, 5.74) is 3.01. The maximum Gasteiger partial charge on any atom is 0.233 e. The molecule has 5 heteroatoms. The Morgan fingerprint density at radius 1 is 1.20 bits per heavy atom. The number of carbonyl (C=O) groups is 1. The summed E-state index contributed by atoms with van der Waals surface area (Å²) >= 11 is 0. The molecule has 0 bridgehead atoms. The third kappa shape index (κ3) is 5.98. The second-order valence-electron chi connectivity index (χ2n) is 7.91. The average Bonchev–Trinajstić information content (AvgIpc) is 2.50. The molecule has 1 aromatic rings. The highest BCUT2D eigenvalue weighted by Crippen LogP contribution is 2.43. The van der Waals surface area contributed by atoms with Crippen LogP contribution < -0.4 is 10.6 Å². The number of amides is 1. The van der Waals surface area contributed by atoms with Gasteiger partial charge in [-0.2, -0.15) is 0 Å². The second kappa shape index (κ2) is 9.56. The molecule has 2 N–H and O–H groups in total. The molecule has 2 rings (SSSR count). The van der Waals surface area contributed by atoms with E-state index in [4.69, 9.17) is 4.74 Å². The van der Waals surface area contributed by atoms with Gasteiger partial charge in [0.1, 0.15) is 0 Å². The first-order valence-electron chi connectivity index (χ1n) is 8.95. The van der Waals surface area contributed by atoms with Crippen molar-refractivity contribution in [3.8, 4) is 0 Å². The maximum atomic E-state index is 12.0. The predicted molar refractivity (Wildman–Crippen MR) is 106 cm³/mol. The summed E-state index contributed by atoms with van der Waals surface area (Å²) in [6, 6.07) is 8.98. The van der Waals surface area contributed by atoms with Crippen LogP contribution in [0.1, 0.15) is 51.2 Å². The zero-order valence-corrected chi connectivity index (χ0v) is 16.8. The summed E-state index contributed by atoms with van der Waals surface area (Å²) in [5, 5.41) is 6.19. The van der Waals surface area contributed by atoms with Gasteiger partial charge in [0.2, 0.25) is 5.91 Å². The van der Waals surface area contributed by atoms with Crippen molar-refractivity contribution in [2.45, 2.75) is 50.9 Å². The van der Waals surface area contributed by atoms with Gasteiger partial charge in [0.05, 0.1) is 13.2 Å². The second-order valence-corrected chi connectivity index (χ2v) is 7.91. The lowest BCUT2D eigenvalue weighted by Crippen LogP contribution is -2.47. The molecule has 0 radical (unpaired) electrons. The number of benzene rings is 1. The van der Waals surface area contributed by atoms with Crippen LogP contribution in [-0.4, -0.2) is 39.3 Å². The molecule has 0 atom stereocenters. The third-order valence-electron chi connectivity index (χ3n) is 5.07. The Morgan fingerprint density at radius 2 is 1.84 bits per heavy atom. The van der Waals surface area contributed by atoms with Gasteiger partial charge in [-0.15, -0.1) is 12.4 Å². The van der Waals surface area contributed by atoms with E-state index in [0.29, 0.717) is 19.7 Å². The molecule has 4 nitrogen and oxygen atoms in total. The molecule has 0 unspecified atom stereocenters. The van der Waals surface area contributed by atoms with Crippen molar-refractivity contribution in [1.29, 1.82) is 0 Å². The quantitative estimate of drug-likeness (QED) is 0.693. The van der Waals surface area contributed by atoms with Crippen molar-refractivity contribution in [3.05, 3.63) is 35.4 Å². The van der Waals surface area contributed by atoms with Crippen LogP contribution in [0.15, 0.2) is 24.3 Å². The summed E-state index contributed by atoms with van der Waals surface area (Å²) in [7, 11) is 1.66. The highest BCUT2D eigenvalue weighted by atomic mass is 35.5. The summed E-state index contributed by atoms with van der Waals surface area (Å²) in [6.45, 7) is 9.10. The first-order valence-corrected chi connectivity index (χ1v) is 8.95. The SMILES string of the molecule is COCCNCC(=O)NCC1(c2ccc(C(C)(C)C)cc2)CCC1.Cl. The van der Waals surface area contributed by atoms with E-state index in [-0.39, 0.29) is 29.1 Å². The Bertz CT molecular complexity index is 534. The number of ether oxygens (including phenoxy) is 1. The molecule has 0 heterocycles. The fourth-order valence-electron chi connectivity index (χ4n) is 3.20. The predicted octanol–water partition coefficient (Wildman–Crippen LogP) is 3.18. The fourth-order valence-corrected chi connectivity index (χ4v) is 3.20. The topological polar surface area (TPSA) is 50.4 Å². The average molecular weight is 369 g/mol. The lowest BCUT2D eigenvalue weighted by Gasteiger charge is -2.43. The lowest BCUT2D eigenvalue weighted by atomic mass is 9.64.